The molecular formula is C22H48O3. The third-order valence-corrected chi connectivity index (χ3v) is 4.38. The Labute approximate surface area is 158 Å². The SMILES string of the molecule is CCCCCCCCCCOCCCCCCCCCC.OCCO. The van der Waals surface area contributed by atoms with Gasteiger partial charge in [0.1, 0.15) is 0 Å². The maximum atomic E-state index is 7.62. The molecule has 0 aromatic rings. The molecule has 0 amide bonds. The van der Waals surface area contributed by atoms with E-state index in [4.69, 9.17) is 14.9 Å². The highest BCUT2D eigenvalue weighted by atomic mass is 16.5. The van der Waals surface area contributed by atoms with Crippen molar-refractivity contribution in [1.82, 2.24) is 0 Å². The first-order valence-corrected chi connectivity index (χ1v) is 11.1. The Morgan fingerprint density at radius 3 is 1.00 bits per heavy atom. The van der Waals surface area contributed by atoms with Crippen LogP contribution >= 0.6 is 0 Å². The molecule has 3 nitrogen and oxygen atoms in total. The second-order valence-electron chi connectivity index (χ2n) is 7.01. The van der Waals surface area contributed by atoms with Gasteiger partial charge in [-0.1, -0.05) is 104 Å². The lowest BCUT2D eigenvalue weighted by molar-refractivity contribution is 0.125. The molecule has 0 aliphatic rings. The van der Waals surface area contributed by atoms with Crippen LogP contribution in [0.3, 0.4) is 0 Å². The molecule has 0 saturated heterocycles. The predicted octanol–water partition coefficient (Wildman–Crippen LogP) is 6.26. The lowest BCUT2D eigenvalue weighted by Gasteiger charge is -2.05. The van der Waals surface area contributed by atoms with E-state index in [2.05, 4.69) is 13.8 Å². The highest BCUT2D eigenvalue weighted by Crippen LogP contribution is 2.10. The number of hydrogen-bond acceptors (Lipinski definition) is 3. The molecule has 0 spiro atoms. The van der Waals surface area contributed by atoms with Crippen molar-refractivity contribution >= 4 is 0 Å². The zero-order chi connectivity index (χ0) is 18.8. The van der Waals surface area contributed by atoms with Crippen LogP contribution in [0.4, 0.5) is 0 Å². The fourth-order valence-electron chi connectivity index (χ4n) is 2.78. The van der Waals surface area contributed by atoms with Gasteiger partial charge in [0.2, 0.25) is 0 Å². The molecule has 2 N–H and O–H groups in total. The first-order valence-electron chi connectivity index (χ1n) is 11.1. The van der Waals surface area contributed by atoms with E-state index in [1.165, 1.54) is 103 Å². The summed E-state index contributed by atoms with van der Waals surface area (Å²) in [6, 6.07) is 0. The van der Waals surface area contributed by atoms with Crippen LogP contribution < -0.4 is 0 Å². The van der Waals surface area contributed by atoms with Gasteiger partial charge in [-0.2, -0.15) is 0 Å². The van der Waals surface area contributed by atoms with Crippen LogP contribution in [0, 0.1) is 0 Å². The van der Waals surface area contributed by atoms with Gasteiger partial charge in [0.05, 0.1) is 13.2 Å². The van der Waals surface area contributed by atoms with E-state index in [0.717, 1.165) is 13.2 Å². The zero-order valence-corrected chi connectivity index (χ0v) is 17.4. The predicted molar refractivity (Wildman–Crippen MR) is 110 cm³/mol. The highest BCUT2D eigenvalue weighted by Gasteiger charge is 1.94. The van der Waals surface area contributed by atoms with E-state index in [9.17, 15) is 0 Å². The van der Waals surface area contributed by atoms with Crippen molar-refractivity contribution in [2.24, 2.45) is 0 Å². The van der Waals surface area contributed by atoms with Gasteiger partial charge >= 0.3 is 0 Å². The smallest absolute Gasteiger partial charge is 0.0662 e. The molecule has 0 aliphatic carbocycles. The fraction of sp³-hybridized carbons (Fsp3) is 1.00. The Morgan fingerprint density at radius 2 is 0.720 bits per heavy atom. The molecule has 0 fully saturated rings. The molecule has 0 radical (unpaired) electrons. The quantitative estimate of drug-likeness (QED) is 0.267. The lowest BCUT2D eigenvalue weighted by atomic mass is 10.1. The van der Waals surface area contributed by atoms with Gasteiger partial charge in [-0.05, 0) is 12.8 Å². The number of aliphatic hydroxyl groups excluding tert-OH is 2. The van der Waals surface area contributed by atoms with Crippen molar-refractivity contribution in [1.29, 1.82) is 0 Å². The lowest BCUT2D eigenvalue weighted by Crippen LogP contribution is -1.97. The van der Waals surface area contributed by atoms with Crippen molar-refractivity contribution in [3.05, 3.63) is 0 Å². The van der Waals surface area contributed by atoms with Crippen LogP contribution in [0.15, 0.2) is 0 Å². The molecule has 0 atom stereocenters. The summed E-state index contributed by atoms with van der Waals surface area (Å²) < 4.78 is 5.72. The Bertz CT molecular complexity index is 178. The zero-order valence-electron chi connectivity index (χ0n) is 17.4. The Balaban J connectivity index is 0. The van der Waals surface area contributed by atoms with Crippen LogP contribution in [0.25, 0.3) is 0 Å². The molecule has 0 heterocycles. The third kappa shape index (κ3) is 32.1. The number of rotatable bonds is 19. The molecule has 3 heteroatoms. The fourth-order valence-corrected chi connectivity index (χ4v) is 2.78. The molecule has 0 aromatic heterocycles. The van der Waals surface area contributed by atoms with Crippen molar-refractivity contribution in [3.63, 3.8) is 0 Å². The van der Waals surface area contributed by atoms with Gasteiger partial charge < -0.3 is 14.9 Å². The van der Waals surface area contributed by atoms with Gasteiger partial charge in [-0.25, -0.2) is 0 Å². The van der Waals surface area contributed by atoms with E-state index in [0.29, 0.717) is 0 Å². The Kier molecular flexibility index (Phi) is 31.1. The third-order valence-electron chi connectivity index (χ3n) is 4.38. The normalized spacial score (nSPS) is 10.6. The van der Waals surface area contributed by atoms with E-state index < -0.39 is 0 Å². The summed E-state index contributed by atoms with van der Waals surface area (Å²) in [5.41, 5.74) is 0. The second-order valence-corrected chi connectivity index (χ2v) is 7.01. The van der Waals surface area contributed by atoms with Gasteiger partial charge in [0.15, 0.2) is 0 Å². The van der Waals surface area contributed by atoms with E-state index >= 15 is 0 Å². The number of hydrogen-bond donors (Lipinski definition) is 2. The van der Waals surface area contributed by atoms with Crippen molar-refractivity contribution in [2.45, 2.75) is 117 Å². The maximum absolute atomic E-state index is 7.62. The largest absolute Gasteiger partial charge is 0.394 e. The van der Waals surface area contributed by atoms with Crippen LogP contribution in [0.1, 0.15) is 117 Å². The monoisotopic (exact) mass is 360 g/mol. The number of ether oxygens (including phenoxy) is 1. The summed E-state index contributed by atoms with van der Waals surface area (Å²) in [4.78, 5) is 0. The van der Waals surface area contributed by atoms with Crippen molar-refractivity contribution in [3.8, 4) is 0 Å². The molecule has 25 heavy (non-hydrogen) atoms. The number of unbranched alkanes of at least 4 members (excludes halogenated alkanes) is 14. The average molecular weight is 361 g/mol. The minimum Gasteiger partial charge on any atom is -0.394 e. The minimum absolute atomic E-state index is 0.125. The summed E-state index contributed by atoms with van der Waals surface area (Å²) in [5.74, 6) is 0. The molecule has 154 valence electrons. The Morgan fingerprint density at radius 1 is 0.440 bits per heavy atom. The van der Waals surface area contributed by atoms with Gasteiger partial charge in [0.25, 0.3) is 0 Å². The first kappa shape index (κ1) is 27.1. The molecule has 0 saturated carbocycles. The average Bonchev–Trinajstić information content (AvgIpc) is 2.64. The maximum Gasteiger partial charge on any atom is 0.0662 e. The Hall–Kier alpha value is -0.120. The first-order chi connectivity index (χ1) is 12.3. The minimum atomic E-state index is -0.125. The van der Waals surface area contributed by atoms with Crippen molar-refractivity contribution in [2.75, 3.05) is 26.4 Å². The van der Waals surface area contributed by atoms with Gasteiger partial charge in [-0.15, -0.1) is 0 Å². The molecule has 0 aliphatic heterocycles. The molecule has 0 rings (SSSR count). The molecule has 0 unspecified atom stereocenters. The highest BCUT2D eigenvalue weighted by molar-refractivity contribution is 4.47. The van der Waals surface area contributed by atoms with E-state index in [-0.39, 0.29) is 13.2 Å². The summed E-state index contributed by atoms with van der Waals surface area (Å²) in [6.45, 7) is 6.30. The summed E-state index contributed by atoms with van der Waals surface area (Å²) >= 11 is 0. The standard InChI is InChI=1S/C20H42O.C2H6O2/c1-3-5-7-9-11-13-15-17-19-21-20-18-16-14-12-10-8-6-4-2;3-1-2-4/h3-20H2,1-2H3;3-4H,1-2H2. The van der Waals surface area contributed by atoms with Crippen LogP contribution in [-0.2, 0) is 4.74 Å². The van der Waals surface area contributed by atoms with Gasteiger partial charge in [0, 0.05) is 13.2 Å². The second kappa shape index (κ2) is 28.7. The summed E-state index contributed by atoms with van der Waals surface area (Å²) in [5, 5.41) is 15.2. The molecule has 0 bridgehead atoms. The summed E-state index contributed by atoms with van der Waals surface area (Å²) in [6.07, 6.45) is 22.2. The summed E-state index contributed by atoms with van der Waals surface area (Å²) in [7, 11) is 0. The van der Waals surface area contributed by atoms with E-state index in [1.807, 2.05) is 0 Å². The van der Waals surface area contributed by atoms with E-state index in [1.54, 1.807) is 0 Å². The van der Waals surface area contributed by atoms with Crippen LogP contribution in [-0.4, -0.2) is 36.6 Å². The number of aliphatic hydroxyl groups is 2. The van der Waals surface area contributed by atoms with Crippen LogP contribution in [0.5, 0.6) is 0 Å². The van der Waals surface area contributed by atoms with Gasteiger partial charge in [-0.3, -0.25) is 0 Å². The topological polar surface area (TPSA) is 49.7 Å². The molecular weight excluding hydrogens is 312 g/mol. The van der Waals surface area contributed by atoms with Crippen LogP contribution in [0.2, 0.25) is 0 Å². The molecule has 0 aromatic carbocycles. The van der Waals surface area contributed by atoms with Crippen molar-refractivity contribution < 1.29 is 14.9 Å².